The smallest absolute Gasteiger partial charge is 0.308 e. The van der Waals surface area contributed by atoms with Crippen molar-refractivity contribution in [3.8, 4) is 0 Å². The van der Waals surface area contributed by atoms with Crippen molar-refractivity contribution in [3.05, 3.63) is 54.1 Å². The minimum absolute atomic E-state index is 0.196. The standard InChI is InChI=1S/C16H17N3O3S/c1-23(21,22)18-14-8-6-13(7-9-14)17-16(20)19-11-10-12-4-2-3-5-15(12)19/h2-9,18H,10-11H2,1H3,(H,17,20). The molecule has 0 aliphatic carbocycles. The van der Waals surface area contributed by atoms with Crippen LogP contribution in [0.15, 0.2) is 48.5 Å². The van der Waals surface area contributed by atoms with E-state index in [1.165, 1.54) is 0 Å². The minimum atomic E-state index is -3.31. The van der Waals surface area contributed by atoms with Crippen LogP contribution in [-0.2, 0) is 16.4 Å². The van der Waals surface area contributed by atoms with Gasteiger partial charge in [-0.3, -0.25) is 9.62 Å². The predicted molar refractivity (Wildman–Crippen MR) is 91.4 cm³/mol. The van der Waals surface area contributed by atoms with Crippen molar-refractivity contribution in [2.24, 2.45) is 0 Å². The van der Waals surface area contributed by atoms with Crippen LogP contribution in [0.25, 0.3) is 0 Å². The highest BCUT2D eigenvalue weighted by Crippen LogP contribution is 2.28. The van der Waals surface area contributed by atoms with Crippen LogP contribution < -0.4 is 14.9 Å². The molecule has 7 heteroatoms. The maximum absolute atomic E-state index is 12.4. The summed E-state index contributed by atoms with van der Waals surface area (Å²) in [6.45, 7) is 0.652. The van der Waals surface area contributed by atoms with Crippen molar-refractivity contribution >= 4 is 33.1 Å². The van der Waals surface area contributed by atoms with Crippen molar-refractivity contribution in [2.75, 3.05) is 27.7 Å². The third-order valence-corrected chi connectivity index (χ3v) is 4.18. The van der Waals surface area contributed by atoms with Gasteiger partial charge in [0.05, 0.1) is 6.26 Å². The van der Waals surface area contributed by atoms with Crippen molar-refractivity contribution in [2.45, 2.75) is 6.42 Å². The first-order valence-electron chi connectivity index (χ1n) is 7.17. The van der Waals surface area contributed by atoms with Gasteiger partial charge in [0.1, 0.15) is 0 Å². The normalized spacial score (nSPS) is 13.5. The molecule has 120 valence electrons. The maximum Gasteiger partial charge on any atom is 0.326 e. The van der Waals surface area contributed by atoms with Gasteiger partial charge in [0.25, 0.3) is 0 Å². The van der Waals surface area contributed by atoms with Crippen LogP contribution in [0.4, 0.5) is 21.9 Å². The second kappa shape index (κ2) is 5.92. The fraction of sp³-hybridized carbons (Fsp3) is 0.188. The predicted octanol–water partition coefficient (Wildman–Crippen LogP) is 2.65. The monoisotopic (exact) mass is 331 g/mol. The number of hydrogen-bond acceptors (Lipinski definition) is 3. The zero-order valence-corrected chi connectivity index (χ0v) is 13.4. The summed E-state index contributed by atoms with van der Waals surface area (Å²) in [5.41, 5.74) is 3.16. The molecule has 0 unspecified atom stereocenters. The first-order chi connectivity index (χ1) is 10.9. The third-order valence-electron chi connectivity index (χ3n) is 3.57. The summed E-state index contributed by atoms with van der Waals surface area (Å²) in [5, 5.41) is 2.82. The molecule has 2 amide bonds. The molecule has 0 spiro atoms. The SMILES string of the molecule is CS(=O)(=O)Nc1ccc(NC(=O)N2CCc3ccccc32)cc1. The van der Waals surface area contributed by atoms with Crippen LogP contribution in [0.2, 0.25) is 0 Å². The molecule has 0 fully saturated rings. The Morgan fingerprint density at radius 1 is 1.04 bits per heavy atom. The van der Waals surface area contributed by atoms with E-state index in [4.69, 9.17) is 0 Å². The number of sulfonamides is 1. The van der Waals surface area contributed by atoms with E-state index >= 15 is 0 Å². The zero-order valence-electron chi connectivity index (χ0n) is 12.6. The molecule has 0 saturated carbocycles. The molecule has 6 nitrogen and oxygen atoms in total. The van der Waals surface area contributed by atoms with Gasteiger partial charge in [-0.25, -0.2) is 13.2 Å². The van der Waals surface area contributed by atoms with Crippen molar-refractivity contribution < 1.29 is 13.2 Å². The number of urea groups is 1. The molecule has 2 aromatic rings. The summed E-state index contributed by atoms with van der Waals surface area (Å²) in [6.07, 6.45) is 1.94. The maximum atomic E-state index is 12.4. The molecule has 0 atom stereocenters. The fourth-order valence-electron chi connectivity index (χ4n) is 2.58. The first kappa shape index (κ1) is 15.4. The van der Waals surface area contributed by atoms with Crippen molar-refractivity contribution in [3.63, 3.8) is 0 Å². The minimum Gasteiger partial charge on any atom is -0.308 e. The molecule has 0 bridgehead atoms. The molecule has 0 aromatic heterocycles. The van der Waals surface area contributed by atoms with E-state index in [2.05, 4.69) is 10.0 Å². The summed E-state index contributed by atoms with van der Waals surface area (Å²) >= 11 is 0. The van der Waals surface area contributed by atoms with Gasteiger partial charge < -0.3 is 5.32 Å². The van der Waals surface area contributed by atoms with Gasteiger partial charge >= 0.3 is 6.03 Å². The Labute approximate surface area is 135 Å². The number of hydrogen-bond donors (Lipinski definition) is 2. The average Bonchev–Trinajstić information content (AvgIpc) is 2.92. The fourth-order valence-corrected chi connectivity index (χ4v) is 3.14. The van der Waals surface area contributed by atoms with Gasteiger partial charge in [0.15, 0.2) is 0 Å². The molecule has 3 rings (SSSR count). The summed E-state index contributed by atoms with van der Waals surface area (Å²) in [5.74, 6) is 0. The molecule has 2 aromatic carbocycles. The van der Waals surface area contributed by atoms with Gasteiger partial charge in [-0.15, -0.1) is 0 Å². The molecular formula is C16H17N3O3S. The Hall–Kier alpha value is -2.54. The zero-order chi connectivity index (χ0) is 16.4. The molecule has 0 radical (unpaired) electrons. The average molecular weight is 331 g/mol. The third kappa shape index (κ3) is 3.62. The van der Waals surface area contributed by atoms with Gasteiger partial charge in [0.2, 0.25) is 10.0 Å². The van der Waals surface area contributed by atoms with Gasteiger partial charge in [-0.2, -0.15) is 0 Å². The lowest BCUT2D eigenvalue weighted by Crippen LogP contribution is -2.33. The second-order valence-corrected chi connectivity index (χ2v) is 7.16. The van der Waals surface area contributed by atoms with Crippen LogP contribution in [0.5, 0.6) is 0 Å². The van der Waals surface area contributed by atoms with E-state index in [1.54, 1.807) is 29.2 Å². The van der Waals surface area contributed by atoms with E-state index in [1.807, 2.05) is 24.3 Å². The van der Waals surface area contributed by atoms with Gasteiger partial charge in [-0.05, 0) is 42.3 Å². The molecule has 2 N–H and O–H groups in total. The number of nitrogens with one attached hydrogen (secondary N) is 2. The molecule has 1 aliphatic rings. The number of rotatable bonds is 3. The lowest BCUT2D eigenvalue weighted by atomic mass is 10.2. The highest BCUT2D eigenvalue weighted by Gasteiger charge is 2.23. The highest BCUT2D eigenvalue weighted by molar-refractivity contribution is 7.92. The van der Waals surface area contributed by atoms with Gasteiger partial charge in [-0.1, -0.05) is 18.2 Å². The van der Waals surface area contributed by atoms with E-state index in [-0.39, 0.29) is 6.03 Å². The van der Waals surface area contributed by atoms with E-state index in [0.29, 0.717) is 17.9 Å². The van der Waals surface area contributed by atoms with Crippen LogP contribution in [0.3, 0.4) is 0 Å². The number of amides is 2. The van der Waals surface area contributed by atoms with Crippen molar-refractivity contribution in [1.82, 2.24) is 0 Å². The molecule has 1 aliphatic heterocycles. The quantitative estimate of drug-likeness (QED) is 0.907. The lowest BCUT2D eigenvalue weighted by Gasteiger charge is -2.18. The van der Waals surface area contributed by atoms with Crippen LogP contribution in [0, 0.1) is 0 Å². The number of fused-ring (bicyclic) bond motifs is 1. The first-order valence-corrected chi connectivity index (χ1v) is 9.06. The van der Waals surface area contributed by atoms with E-state index in [0.717, 1.165) is 23.9 Å². The summed E-state index contributed by atoms with van der Waals surface area (Å²) < 4.78 is 24.7. The largest absolute Gasteiger partial charge is 0.326 e. The molecule has 23 heavy (non-hydrogen) atoms. The van der Waals surface area contributed by atoms with E-state index in [9.17, 15) is 13.2 Å². The lowest BCUT2D eigenvalue weighted by molar-refractivity contribution is 0.257. The Balaban J connectivity index is 1.69. The molecular weight excluding hydrogens is 314 g/mol. The second-order valence-electron chi connectivity index (χ2n) is 5.41. The highest BCUT2D eigenvalue weighted by atomic mass is 32.2. The number of anilines is 3. The number of carbonyl (C=O) groups excluding carboxylic acids is 1. The summed E-state index contributed by atoms with van der Waals surface area (Å²) in [4.78, 5) is 14.1. The Bertz CT molecular complexity index is 832. The van der Waals surface area contributed by atoms with Gasteiger partial charge in [0, 0.05) is 23.6 Å². The number of carbonyl (C=O) groups is 1. The Morgan fingerprint density at radius 2 is 1.70 bits per heavy atom. The van der Waals surface area contributed by atoms with Crippen molar-refractivity contribution in [1.29, 1.82) is 0 Å². The van der Waals surface area contributed by atoms with E-state index < -0.39 is 10.0 Å². The molecule has 1 heterocycles. The number of benzene rings is 2. The summed E-state index contributed by atoms with van der Waals surface area (Å²) in [7, 11) is -3.31. The Kier molecular flexibility index (Phi) is 3.96. The number of para-hydroxylation sites is 1. The Morgan fingerprint density at radius 3 is 2.39 bits per heavy atom. The topological polar surface area (TPSA) is 78.5 Å². The van der Waals surface area contributed by atoms with Crippen LogP contribution in [-0.4, -0.2) is 27.2 Å². The van der Waals surface area contributed by atoms with Crippen LogP contribution >= 0.6 is 0 Å². The summed E-state index contributed by atoms with van der Waals surface area (Å²) in [6, 6.07) is 14.2. The van der Waals surface area contributed by atoms with Crippen LogP contribution in [0.1, 0.15) is 5.56 Å². The molecule has 0 saturated heterocycles. The number of nitrogens with zero attached hydrogens (tertiary/aromatic N) is 1.